The Bertz CT molecular complexity index is 368. The molecule has 1 aromatic rings. The maximum atomic E-state index is 9.15. The van der Waals surface area contributed by atoms with Crippen molar-refractivity contribution < 1.29 is 14.9 Å². The third-order valence-electron chi connectivity index (χ3n) is 2.94. The van der Waals surface area contributed by atoms with E-state index in [0.29, 0.717) is 6.54 Å². The minimum absolute atomic E-state index is 0.191. The SMILES string of the molecule is OCC(O)CNCCc1ccc2c(c1)CCO2. The number of rotatable bonds is 6. The summed E-state index contributed by atoms with van der Waals surface area (Å²) in [5.74, 6) is 1.01. The quantitative estimate of drug-likeness (QED) is 0.614. The number of hydrogen-bond acceptors (Lipinski definition) is 4. The van der Waals surface area contributed by atoms with Crippen molar-refractivity contribution in [1.82, 2.24) is 5.32 Å². The van der Waals surface area contributed by atoms with Gasteiger partial charge in [-0.3, -0.25) is 0 Å². The third-order valence-corrected chi connectivity index (χ3v) is 2.94. The van der Waals surface area contributed by atoms with Crippen LogP contribution in [0.5, 0.6) is 5.75 Å². The van der Waals surface area contributed by atoms with Gasteiger partial charge in [-0.25, -0.2) is 0 Å². The van der Waals surface area contributed by atoms with Gasteiger partial charge in [0, 0.05) is 13.0 Å². The number of nitrogens with one attached hydrogen (secondary N) is 1. The van der Waals surface area contributed by atoms with E-state index >= 15 is 0 Å². The molecule has 1 aliphatic rings. The Morgan fingerprint density at radius 3 is 3.12 bits per heavy atom. The largest absolute Gasteiger partial charge is 0.493 e. The first kappa shape index (κ1) is 12.4. The molecule has 1 heterocycles. The Hall–Kier alpha value is -1.10. The molecule has 1 atom stereocenters. The number of benzene rings is 1. The molecule has 0 aliphatic carbocycles. The summed E-state index contributed by atoms with van der Waals surface area (Å²) >= 11 is 0. The normalized spacial score (nSPS) is 15.4. The molecule has 0 saturated carbocycles. The lowest BCUT2D eigenvalue weighted by atomic mass is 10.1. The highest BCUT2D eigenvalue weighted by molar-refractivity contribution is 5.39. The van der Waals surface area contributed by atoms with Crippen molar-refractivity contribution in [3.8, 4) is 5.75 Å². The molecular weight excluding hydrogens is 218 g/mol. The summed E-state index contributed by atoms with van der Waals surface area (Å²) in [6.45, 7) is 1.84. The summed E-state index contributed by atoms with van der Waals surface area (Å²) in [4.78, 5) is 0. The predicted molar refractivity (Wildman–Crippen MR) is 65.3 cm³/mol. The molecule has 1 unspecified atom stereocenters. The molecule has 0 fully saturated rings. The van der Waals surface area contributed by atoms with Crippen molar-refractivity contribution in [2.24, 2.45) is 0 Å². The average molecular weight is 237 g/mol. The van der Waals surface area contributed by atoms with Gasteiger partial charge < -0.3 is 20.3 Å². The van der Waals surface area contributed by atoms with Crippen molar-refractivity contribution in [3.05, 3.63) is 29.3 Å². The Labute approximate surface area is 101 Å². The highest BCUT2D eigenvalue weighted by Gasteiger charge is 2.11. The zero-order valence-corrected chi connectivity index (χ0v) is 9.85. The summed E-state index contributed by atoms with van der Waals surface area (Å²) in [6, 6.07) is 6.29. The van der Waals surface area contributed by atoms with Gasteiger partial charge in [0.25, 0.3) is 0 Å². The molecule has 2 rings (SSSR count). The molecule has 1 aromatic carbocycles. The second-order valence-electron chi connectivity index (χ2n) is 4.33. The van der Waals surface area contributed by atoms with Crippen LogP contribution in [-0.4, -0.2) is 42.6 Å². The molecule has 0 amide bonds. The van der Waals surface area contributed by atoms with Crippen LogP contribution < -0.4 is 10.1 Å². The maximum absolute atomic E-state index is 9.15. The molecule has 0 bridgehead atoms. The first-order valence-electron chi connectivity index (χ1n) is 6.04. The first-order chi connectivity index (χ1) is 8.29. The Kier molecular flexibility index (Phi) is 4.36. The fourth-order valence-electron chi connectivity index (χ4n) is 1.96. The van der Waals surface area contributed by atoms with E-state index in [1.807, 2.05) is 6.07 Å². The fourth-order valence-corrected chi connectivity index (χ4v) is 1.96. The van der Waals surface area contributed by atoms with Crippen LogP contribution in [-0.2, 0) is 12.8 Å². The van der Waals surface area contributed by atoms with Gasteiger partial charge in [-0.15, -0.1) is 0 Å². The third kappa shape index (κ3) is 3.43. The molecule has 0 aromatic heterocycles. The summed E-state index contributed by atoms with van der Waals surface area (Å²) in [6.07, 6.45) is 1.26. The second kappa shape index (κ2) is 6.00. The zero-order chi connectivity index (χ0) is 12.1. The van der Waals surface area contributed by atoms with Crippen molar-refractivity contribution in [2.75, 3.05) is 26.3 Å². The minimum Gasteiger partial charge on any atom is -0.493 e. The summed E-state index contributed by atoms with van der Waals surface area (Å²) in [5, 5.41) is 20.9. The summed E-state index contributed by atoms with van der Waals surface area (Å²) < 4.78 is 5.45. The highest BCUT2D eigenvalue weighted by atomic mass is 16.5. The highest BCUT2D eigenvalue weighted by Crippen LogP contribution is 2.25. The van der Waals surface area contributed by atoms with Crippen LogP contribution in [0.1, 0.15) is 11.1 Å². The summed E-state index contributed by atoms with van der Waals surface area (Å²) in [7, 11) is 0. The topological polar surface area (TPSA) is 61.7 Å². The van der Waals surface area contributed by atoms with E-state index in [2.05, 4.69) is 17.4 Å². The van der Waals surface area contributed by atoms with Gasteiger partial charge in [-0.1, -0.05) is 12.1 Å². The van der Waals surface area contributed by atoms with Crippen molar-refractivity contribution in [1.29, 1.82) is 0 Å². The van der Waals surface area contributed by atoms with E-state index in [0.717, 1.165) is 31.7 Å². The van der Waals surface area contributed by atoms with Gasteiger partial charge in [-0.05, 0) is 30.2 Å². The van der Waals surface area contributed by atoms with Crippen LogP contribution in [0.25, 0.3) is 0 Å². The molecule has 0 radical (unpaired) electrons. The predicted octanol–water partition coefficient (Wildman–Crippen LogP) is 0.107. The first-order valence-corrected chi connectivity index (χ1v) is 6.04. The molecule has 0 saturated heterocycles. The van der Waals surface area contributed by atoms with Gasteiger partial charge in [0.15, 0.2) is 0 Å². The molecule has 0 spiro atoms. The van der Waals surface area contributed by atoms with E-state index in [9.17, 15) is 0 Å². The van der Waals surface area contributed by atoms with E-state index in [1.165, 1.54) is 11.1 Å². The molecular formula is C13H19NO3. The minimum atomic E-state index is -0.663. The Morgan fingerprint density at radius 2 is 2.29 bits per heavy atom. The molecule has 1 aliphatic heterocycles. The van der Waals surface area contributed by atoms with Gasteiger partial charge in [0.05, 0.1) is 19.3 Å². The number of aliphatic hydroxyl groups is 2. The average Bonchev–Trinajstić information content (AvgIpc) is 2.81. The van der Waals surface area contributed by atoms with Crippen LogP contribution in [0.3, 0.4) is 0 Å². The standard InChI is InChI=1S/C13H19NO3/c15-9-12(16)8-14-5-3-10-1-2-13-11(7-10)4-6-17-13/h1-2,7,12,14-16H,3-6,8-9H2. The summed E-state index contributed by atoms with van der Waals surface area (Å²) in [5.41, 5.74) is 2.57. The molecule has 3 N–H and O–H groups in total. The number of ether oxygens (including phenoxy) is 1. The van der Waals surface area contributed by atoms with E-state index in [-0.39, 0.29) is 6.61 Å². The molecule has 17 heavy (non-hydrogen) atoms. The van der Waals surface area contributed by atoms with Gasteiger partial charge in [0.1, 0.15) is 5.75 Å². The van der Waals surface area contributed by atoms with Crippen LogP contribution >= 0.6 is 0 Å². The Balaban J connectivity index is 1.76. The maximum Gasteiger partial charge on any atom is 0.122 e. The lowest BCUT2D eigenvalue weighted by Gasteiger charge is -2.09. The smallest absolute Gasteiger partial charge is 0.122 e. The second-order valence-corrected chi connectivity index (χ2v) is 4.33. The van der Waals surface area contributed by atoms with E-state index in [1.54, 1.807) is 0 Å². The number of hydrogen-bond donors (Lipinski definition) is 3. The van der Waals surface area contributed by atoms with Crippen molar-refractivity contribution >= 4 is 0 Å². The van der Waals surface area contributed by atoms with Gasteiger partial charge in [-0.2, -0.15) is 0 Å². The van der Waals surface area contributed by atoms with Gasteiger partial charge >= 0.3 is 0 Å². The molecule has 4 heteroatoms. The lowest BCUT2D eigenvalue weighted by molar-refractivity contribution is 0.0947. The molecule has 94 valence electrons. The Morgan fingerprint density at radius 1 is 1.41 bits per heavy atom. The van der Waals surface area contributed by atoms with Crippen molar-refractivity contribution in [2.45, 2.75) is 18.9 Å². The van der Waals surface area contributed by atoms with Crippen molar-refractivity contribution in [3.63, 3.8) is 0 Å². The lowest BCUT2D eigenvalue weighted by Crippen LogP contribution is -2.30. The number of fused-ring (bicyclic) bond motifs is 1. The molecule has 4 nitrogen and oxygen atoms in total. The van der Waals surface area contributed by atoms with Crippen LogP contribution in [0.4, 0.5) is 0 Å². The van der Waals surface area contributed by atoms with Crippen LogP contribution in [0.15, 0.2) is 18.2 Å². The number of aliphatic hydroxyl groups excluding tert-OH is 2. The van der Waals surface area contributed by atoms with Crippen LogP contribution in [0.2, 0.25) is 0 Å². The van der Waals surface area contributed by atoms with Gasteiger partial charge in [0.2, 0.25) is 0 Å². The fraction of sp³-hybridized carbons (Fsp3) is 0.538. The van der Waals surface area contributed by atoms with Crippen LogP contribution in [0, 0.1) is 0 Å². The monoisotopic (exact) mass is 237 g/mol. The zero-order valence-electron chi connectivity index (χ0n) is 9.85. The van der Waals surface area contributed by atoms with E-state index in [4.69, 9.17) is 14.9 Å². The van der Waals surface area contributed by atoms with E-state index < -0.39 is 6.10 Å².